The zero-order valence-corrected chi connectivity index (χ0v) is 12.5. The van der Waals surface area contributed by atoms with Gasteiger partial charge in [-0.15, -0.1) is 10.2 Å². The normalized spacial score (nSPS) is 11.2. The van der Waals surface area contributed by atoms with Crippen LogP contribution < -0.4 is 10.0 Å². The number of aryl methyl sites for hydroxylation is 1. The first-order valence-electron chi connectivity index (χ1n) is 5.68. The molecule has 0 aliphatic heterocycles. The van der Waals surface area contributed by atoms with Crippen LogP contribution in [0.25, 0.3) is 0 Å². The Bertz CT molecular complexity index is 717. The number of nitrogens with one attached hydrogen (secondary N) is 2. The van der Waals surface area contributed by atoms with Gasteiger partial charge >= 0.3 is 0 Å². The molecule has 0 unspecified atom stereocenters. The van der Waals surface area contributed by atoms with Crippen molar-refractivity contribution in [3.05, 3.63) is 40.9 Å². The van der Waals surface area contributed by atoms with Crippen molar-refractivity contribution >= 4 is 38.9 Å². The molecule has 0 aliphatic carbocycles. The van der Waals surface area contributed by atoms with E-state index in [1.54, 1.807) is 12.1 Å². The van der Waals surface area contributed by atoms with E-state index in [9.17, 15) is 8.42 Å². The summed E-state index contributed by atoms with van der Waals surface area (Å²) in [5.41, 5.74) is 1.82. The SMILES string of the molecule is Cc1cc(Cl)ccc1Nc1ccc(NS(C)(=O)=O)nn1. The molecule has 0 atom stereocenters. The van der Waals surface area contributed by atoms with Gasteiger partial charge in [0, 0.05) is 10.7 Å². The minimum Gasteiger partial charge on any atom is -0.339 e. The van der Waals surface area contributed by atoms with Gasteiger partial charge in [0.1, 0.15) is 0 Å². The molecule has 0 saturated carbocycles. The average Bonchev–Trinajstić information content (AvgIpc) is 2.33. The standard InChI is InChI=1S/C12H13ClN4O2S/c1-8-7-9(13)3-4-10(8)14-11-5-6-12(16-15-11)17-20(2,18)19/h3-7H,1-2H3,(H,14,15)(H,16,17). The highest BCUT2D eigenvalue weighted by molar-refractivity contribution is 7.92. The Morgan fingerprint density at radius 1 is 1.10 bits per heavy atom. The highest BCUT2D eigenvalue weighted by Gasteiger charge is 2.05. The lowest BCUT2D eigenvalue weighted by Crippen LogP contribution is -2.11. The fourth-order valence-corrected chi connectivity index (χ4v) is 2.26. The smallest absolute Gasteiger partial charge is 0.231 e. The third-order valence-electron chi connectivity index (χ3n) is 2.41. The molecule has 0 saturated heterocycles. The second-order valence-electron chi connectivity index (χ2n) is 4.26. The van der Waals surface area contributed by atoms with Gasteiger partial charge < -0.3 is 5.32 Å². The highest BCUT2D eigenvalue weighted by Crippen LogP contribution is 2.22. The molecule has 2 aromatic rings. The van der Waals surface area contributed by atoms with Gasteiger partial charge in [-0.1, -0.05) is 11.6 Å². The number of nitrogens with zero attached hydrogens (tertiary/aromatic N) is 2. The molecular weight excluding hydrogens is 300 g/mol. The van der Waals surface area contributed by atoms with Gasteiger partial charge in [0.15, 0.2) is 11.6 Å². The van der Waals surface area contributed by atoms with E-state index in [4.69, 9.17) is 11.6 Å². The number of benzene rings is 1. The summed E-state index contributed by atoms with van der Waals surface area (Å²) in [7, 11) is -3.35. The Hall–Kier alpha value is -1.86. The highest BCUT2D eigenvalue weighted by atomic mass is 35.5. The predicted molar refractivity (Wildman–Crippen MR) is 80.0 cm³/mol. The van der Waals surface area contributed by atoms with Crippen molar-refractivity contribution in [2.24, 2.45) is 0 Å². The molecule has 0 radical (unpaired) electrons. The summed E-state index contributed by atoms with van der Waals surface area (Å²) in [5.74, 6) is 0.681. The first kappa shape index (κ1) is 14.5. The first-order valence-corrected chi connectivity index (χ1v) is 7.95. The Morgan fingerprint density at radius 2 is 1.75 bits per heavy atom. The van der Waals surface area contributed by atoms with Crippen LogP contribution in [0.3, 0.4) is 0 Å². The molecule has 1 heterocycles. The van der Waals surface area contributed by atoms with E-state index in [1.807, 2.05) is 19.1 Å². The molecule has 0 spiro atoms. The van der Waals surface area contributed by atoms with Gasteiger partial charge in [-0.25, -0.2) is 8.42 Å². The third-order valence-corrected chi connectivity index (χ3v) is 3.22. The Morgan fingerprint density at radius 3 is 2.30 bits per heavy atom. The van der Waals surface area contributed by atoms with Crippen LogP contribution >= 0.6 is 11.6 Å². The molecule has 8 heteroatoms. The lowest BCUT2D eigenvalue weighted by molar-refractivity contribution is 0.606. The molecule has 1 aromatic heterocycles. The number of hydrogen-bond acceptors (Lipinski definition) is 5. The van der Waals surface area contributed by atoms with Gasteiger partial charge in [0.05, 0.1) is 6.26 Å². The van der Waals surface area contributed by atoms with E-state index in [-0.39, 0.29) is 5.82 Å². The van der Waals surface area contributed by atoms with Crippen molar-refractivity contribution < 1.29 is 8.42 Å². The largest absolute Gasteiger partial charge is 0.339 e. The fraction of sp³-hybridized carbons (Fsp3) is 0.167. The Labute approximate surface area is 122 Å². The van der Waals surface area contributed by atoms with Crippen LogP contribution in [0.2, 0.25) is 5.02 Å². The van der Waals surface area contributed by atoms with Crippen LogP contribution in [0.15, 0.2) is 30.3 Å². The molecule has 20 heavy (non-hydrogen) atoms. The summed E-state index contributed by atoms with van der Waals surface area (Å²) in [4.78, 5) is 0. The molecule has 6 nitrogen and oxygen atoms in total. The number of rotatable bonds is 4. The van der Waals surface area contributed by atoms with E-state index >= 15 is 0 Å². The summed E-state index contributed by atoms with van der Waals surface area (Å²) in [6, 6.07) is 8.60. The van der Waals surface area contributed by atoms with E-state index in [2.05, 4.69) is 20.2 Å². The van der Waals surface area contributed by atoms with Crippen LogP contribution in [0.5, 0.6) is 0 Å². The maximum Gasteiger partial charge on any atom is 0.231 e. The van der Waals surface area contributed by atoms with Crippen molar-refractivity contribution in [2.45, 2.75) is 6.92 Å². The van der Waals surface area contributed by atoms with Crippen LogP contribution in [0.4, 0.5) is 17.3 Å². The first-order chi connectivity index (χ1) is 9.33. The number of halogens is 1. The maximum atomic E-state index is 11.0. The van der Waals surface area contributed by atoms with Gasteiger partial charge in [-0.05, 0) is 42.8 Å². The van der Waals surface area contributed by atoms with E-state index in [1.165, 1.54) is 6.07 Å². The van der Waals surface area contributed by atoms with E-state index in [0.717, 1.165) is 17.5 Å². The number of aromatic nitrogens is 2. The van der Waals surface area contributed by atoms with Crippen LogP contribution in [0, 0.1) is 6.92 Å². The number of sulfonamides is 1. The van der Waals surface area contributed by atoms with Gasteiger partial charge in [-0.3, -0.25) is 4.72 Å². The molecule has 1 aromatic carbocycles. The molecule has 0 bridgehead atoms. The topological polar surface area (TPSA) is 84.0 Å². The van der Waals surface area contributed by atoms with Crippen molar-refractivity contribution in [3.8, 4) is 0 Å². The van der Waals surface area contributed by atoms with Crippen LogP contribution in [0.1, 0.15) is 5.56 Å². The Kier molecular flexibility index (Phi) is 4.10. The molecule has 0 fully saturated rings. The maximum absolute atomic E-state index is 11.0. The van der Waals surface area contributed by atoms with Gasteiger partial charge in [-0.2, -0.15) is 0 Å². The quantitative estimate of drug-likeness (QED) is 0.906. The average molecular weight is 313 g/mol. The minimum atomic E-state index is -3.35. The Balaban J connectivity index is 2.14. The van der Waals surface area contributed by atoms with Crippen molar-refractivity contribution in [1.82, 2.24) is 10.2 Å². The summed E-state index contributed by atoms with van der Waals surface area (Å²) in [6.07, 6.45) is 1.05. The zero-order chi connectivity index (χ0) is 14.8. The lowest BCUT2D eigenvalue weighted by atomic mass is 10.2. The van der Waals surface area contributed by atoms with Crippen LogP contribution in [-0.4, -0.2) is 24.9 Å². The van der Waals surface area contributed by atoms with Crippen molar-refractivity contribution in [1.29, 1.82) is 0 Å². The summed E-state index contributed by atoms with van der Waals surface area (Å²) >= 11 is 5.88. The predicted octanol–water partition coefficient (Wildman–Crippen LogP) is 2.55. The number of hydrogen-bond donors (Lipinski definition) is 2. The van der Waals surface area contributed by atoms with Crippen molar-refractivity contribution in [3.63, 3.8) is 0 Å². The fourth-order valence-electron chi connectivity index (χ4n) is 1.55. The van der Waals surface area contributed by atoms with Gasteiger partial charge in [0.25, 0.3) is 0 Å². The minimum absolute atomic E-state index is 0.172. The van der Waals surface area contributed by atoms with Crippen molar-refractivity contribution in [2.75, 3.05) is 16.3 Å². The molecule has 0 amide bonds. The summed E-state index contributed by atoms with van der Waals surface area (Å²) in [5, 5.41) is 11.4. The zero-order valence-electron chi connectivity index (χ0n) is 10.9. The van der Waals surface area contributed by atoms with Crippen LogP contribution in [-0.2, 0) is 10.0 Å². The second-order valence-corrected chi connectivity index (χ2v) is 6.45. The van der Waals surface area contributed by atoms with E-state index < -0.39 is 10.0 Å². The molecule has 106 valence electrons. The summed E-state index contributed by atoms with van der Waals surface area (Å²) in [6.45, 7) is 1.92. The molecule has 2 rings (SSSR count). The molecular formula is C12H13ClN4O2S. The number of anilines is 3. The van der Waals surface area contributed by atoms with Gasteiger partial charge in [0.2, 0.25) is 10.0 Å². The lowest BCUT2D eigenvalue weighted by Gasteiger charge is -2.09. The monoisotopic (exact) mass is 312 g/mol. The third kappa shape index (κ3) is 4.07. The molecule has 2 N–H and O–H groups in total. The summed E-state index contributed by atoms with van der Waals surface area (Å²) < 4.78 is 24.3. The van der Waals surface area contributed by atoms with E-state index in [0.29, 0.717) is 10.8 Å². The second kappa shape index (κ2) is 5.64. The molecule has 0 aliphatic rings.